The van der Waals surface area contributed by atoms with Crippen LogP contribution < -0.4 is 0 Å². The van der Waals surface area contributed by atoms with Crippen LogP contribution in [0.4, 0.5) is 5.69 Å². The van der Waals surface area contributed by atoms with Gasteiger partial charge in [-0.2, -0.15) is 5.10 Å². The fraction of sp³-hybridized carbons (Fsp3) is 0.353. The molecule has 1 heterocycles. The van der Waals surface area contributed by atoms with Gasteiger partial charge in [-0.1, -0.05) is 19.1 Å². The highest BCUT2D eigenvalue weighted by Gasteiger charge is 2.35. The summed E-state index contributed by atoms with van der Waals surface area (Å²) in [6.45, 7) is 1.66. The van der Waals surface area contributed by atoms with Gasteiger partial charge in [-0.3, -0.25) is 19.7 Å². The smallest absolute Gasteiger partial charge is 0.308 e. The summed E-state index contributed by atoms with van der Waals surface area (Å²) in [6.07, 6.45) is 3.16. The number of carbonyl (C=O) groups is 2. The van der Waals surface area contributed by atoms with Crippen LogP contribution in [0.3, 0.4) is 0 Å². The Kier molecular flexibility index (Phi) is 4.70. The summed E-state index contributed by atoms with van der Waals surface area (Å²) < 4.78 is 1.29. The number of nitrogens with zero attached hydrogens (tertiary/aromatic N) is 4. The van der Waals surface area contributed by atoms with E-state index < -0.39 is 16.8 Å². The van der Waals surface area contributed by atoms with E-state index in [0.29, 0.717) is 0 Å². The van der Waals surface area contributed by atoms with Crippen molar-refractivity contribution in [2.24, 2.45) is 5.92 Å². The predicted octanol–water partition coefficient (Wildman–Crippen LogP) is 2.11. The zero-order chi connectivity index (χ0) is 18.8. The highest BCUT2D eigenvalue weighted by atomic mass is 16.6. The molecule has 0 spiro atoms. The van der Waals surface area contributed by atoms with Crippen LogP contribution in [0.1, 0.15) is 30.3 Å². The second kappa shape index (κ2) is 6.95. The zero-order valence-electron chi connectivity index (χ0n) is 14.1. The monoisotopic (exact) mass is 358 g/mol. The molecule has 1 aromatic heterocycles. The van der Waals surface area contributed by atoms with Crippen LogP contribution in [0.5, 0.6) is 0 Å². The molecule has 0 radical (unpaired) electrons. The number of para-hydroxylation sites is 2. The van der Waals surface area contributed by atoms with Gasteiger partial charge in [0.2, 0.25) is 0 Å². The number of amides is 1. The van der Waals surface area contributed by atoms with E-state index in [2.05, 4.69) is 5.10 Å². The van der Waals surface area contributed by atoms with E-state index in [0.717, 1.165) is 12.8 Å². The van der Waals surface area contributed by atoms with Gasteiger partial charge in [0.25, 0.3) is 11.6 Å². The van der Waals surface area contributed by atoms with Gasteiger partial charge in [-0.25, -0.2) is 4.68 Å². The van der Waals surface area contributed by atoms with E-state index in [1.54, 1.807) is 25.1 Å². The maximum absolute atomic E-state index is 12.8. The molecule has 2 aromatic rings. The van der Waals surface area contributed by atoms with E-state index in [1.165, 1.54) is 27.9 Å². The second-order valence-electron chi connectivity index (χ2n) is 6.32. The standard InChI is InChI=1S/C17H18N4O5/c1-11(17(23)24)10-19(12-6-7-12)16(22)13-8-9-20(18-13)14-4-2-3-5-15(14)21(25)26/h2-5,8-9,11-12H,6-7,10H2,1H3,(H,23,24). The average Bonchev–Trinajstić information content (AvgIpc) is 3.34. The summed E-state index contributed by atoms with van der Waals surface area (Å²) in [4.78, 5) is 36.1. The fourth-order valence-electron chi connectivity index (χ4n) is 2.69. The predicted molar refractivity (Wildman–Crippen MR) is 91.1 cm³/mol. The Morgan fingerprint density at radius 1 is 1.38 bits per heavy atom. The minimum Gasteiger partial charge on any atom is -0.481 e. The quantitative estimate of drug-likeness (QED) is 0.598. The van der Waals surface area contributed by atoms with Crippen LogP contribution in [0.25, 0.3) is 5.69 Å². The third-order valence-corrected chi connectivity index (χ3v) is 4.27. The molecule has 1 aromatic carbocycles. The van der Waals surface area contributed by atoms with Crippen molar-refractivity contribution >= 4 is 17.6 Å². The normalized spacial score (nSPS) is 14.7. The summed E-state index contributed by atoms with van der Waals surface area (Å²) in [5, 5.41) is 24.4. The van der Waals surface area contributed by atoms with E-state index >= 15 is 0 Å². The SMILES string of the molecule is CC(CN(C(=O)c1ccn(-c2ccccc2[N+](=O)[O-])n1)C1CC1)C(=O)O. The van der Waals surface area contributed by atoms with Crippen molar-refractivity contribution in [3.8, 4) is 5.69 Å². The fourth-order valence-corrected chi connectivity index (χ4v) is 2.69. The van der Waals surface area contributed by atoms with Crippen molar-refractivity contribution in [1.29, 1.82) is 0 Å². The van der Waals surface area contributed by atoms with Crippen LogP contribution in [0.15, 0.2) is 36.5 Å². The molecule has 1 fully saturated rings. The van der Waals surface area contributed by atoms with Gasteiger partial charge >= 0.3 is 5.97 Å². The molecular formula is C17H18N4O5. The maximum atomic E-state index is 12.8. The van der Waals surface area contributed by atoms with Gasteiger partial charge in [0, 0.05) is 24.8 Å². The van der Waals surface area contributed by atoms with Gasteiger partial charge in [0.1, 0.15) is 5.69 Å². The van der Waals surface area contributed by atoms with Crippen molar-refractivity contribution in [3.63, 3.8) is 0 Å². The number of carbonyl (C=O) groups excluding carboxylic acids is 1. The molecule has 1 saturated carbocycles. The van der Waals surface area contributed by atoms with Gasteiger partial charge in [0.05, 0.1) is 10.8 Å². The van der Waals surface area contributed by atoms with Crippen LogP contribution in [0.2, 0.25) is 0 Å². The molecule has 9 heteroatoms. The Hall–Kier alpha value is -3.23. The minimum absolute atomic E-state index is 0.0283. The first-order valence-corrected chi connectivity index (χ1v) is 8.21. The molecule has 3 rings (SSSR count). The summed E-state index contributed by atoms with van der Waals surface area (Å²) in [5.41, 5.74) is 0.272. The van der Waals surface area contributed by atoms with Crippen LogP contribution in [-0.2, 0) is 4.79 Å². The van der Waals surface area contributed by atoms with E-state index in [9.17, 15) is 19.7 Å². The van der Waals surface area contributed by atoms with E-state index in [-0.39, 0.29) is 35.6 Å². The molecule has 0 bridgehead atoms. The number of hydrogen-bond acceptors (Lipinski definition) is 5. The maximum Gasteiger partial charge on any atom is 0.308 e. The largest absolute Gasteiger partial charge is 0.481 e. The lowest BCUT2D eigenvalue weighted by Crippen LogP contribution is -2.38. The molecule has 1 unspecified atom stereocenters. The number of carboxylic acids is 1. The van der Waals surface area contributed by atoms with Crippen molar-refractivity contribution in [3.05, 3.63) is 52.3 Å². The molecule has 26 heavy (non-hydrogen) atoms. The first kappa shape index (κ1) is 17.6. The molecule has 1 aliphatic rings. The summed E-state index contributed by atoms with van der Waals surface area (Å²) in [6, 6.07) is 7.63. The van der Waals surface area contributed by atoms with Crippen LogP contribution >= 0.6 is 0 Å². The molecule has 0 saturated heterocycles. The Morgan fingerprint density at radius 2 is 2.08 bits per heavy atom. The summed E-state index contributed by atoms with van der Waals surface area (Å²) in [5.74, 6) is -2.01. The summed E-state index contributed by atoms with van der Waals surface area (Å²) in [7, 11) is 0. The number of rotatable bonds is 7. The highest BCUT2D eigenvalue weighted by molar-refractivity contribution is 5.93. The molecular weight excluding hydrogens is 340 g/mol. The molecule has 9 nitrogen and oxygen atoms in total. The number of hydrogen-bond donors (Lipinski definition) is 1. The van der Waals surface area contributed by atoms with Crippen molar-refractivity contribution in [2.45, 2.75) is 25.8 Å². The first-order valence-electron chi connectivity index (χ1n) is 8.21. The Morgan fingerprint density at radius 3 is 2.69 bits per heavy atom. The topological polar surface area (TPSA) is 119 Å². The second-order valence-corrected chi connectivity index (χ2v) is 6.32. The third kappa shape index (κ3) is 3.56. The van der Waals surface area contributed by atoms with E-state index in [4.69, 9.17) is 5.11 Å². The lowest BCUT2D eigenvalue weighted by atomic mass is 10.1. The highest BCUT2D eigenvalue weighted by Crippen LogP contribution is 2.29. The Bertz CT molecular complexity index is 858. The van der Waals surface area contributed by atoms with Crippen molar-refractivity contribution in [1.82, 2.24) is 14.7 Å². The molecule has 1 N–H and O–H groups in total. The Balaban J connectivity index is 1.86. The van der Waals surface area contributed by atoms with Gasteiger partial charge in [0.15, 0.2) is 5.69 Å². The van der Waals surface area contributed by atoms with Gasteiger partial charge < -0.3 is 10.0 Å². The third-order valence-electron chi connectivity index (χ3n) is 4.27. The Labute approximate surface area is 149 Å². The average molecular weight is 358 g/mol. The van der Waals surface area contributed by atoms with Gasteiger partial charge in [-0.05, 0) is 25.0 Å². The molecule has 1 aliphatic carbocycles. The number of benzene rings is 1. The van der Waals surface area contributed by atoms with Gasteiger partial charge in [-0.15, -0.1) is 0 Å². The van der Waals surface area contributed by atoms with Crippen LogP contribution in [-0.4, -0.2) is 49.2 Å². The summed E-state index contributed by atoms with van der Waals surface area (Å²) >= 11 is 0. The molecule has 0 aliphatic heterocycles. The number of aromatic nitrogens is 2. The lowest BCUT2D eigenvalue weighted by molar-refractivity contribution is -0.384. The molecule has 1 amide bonds. The number of aliphatic carboxylic acids is 1. The number of carboxylic acid groups (broad SMARTS) is 1. The lowest BCUT2D eigenvalue weighted by Gasteiger charge is -2.23. The first-order chi connectivity index (χ1) is 12.4. The number of nitro benzene ring substituents is 1. The van der Waals surface area contributed by atoms with Crippen LogP contribution in [0, 0.1) is 16.0 Å². The van der Waals surface area contributed by atoms with Crippen molar-refractivity contribution in [2.75, 3.05) is 6.54 Å². The van der Waals surface area contributed by atoms with E-state index in [1.807, 2.05) is 0 Å². The minimum atomic E-state index is -0.964. The number of nitro groups is 1. The molecule has 1 atom stereocenters. The van der Waals surface area contributed by atoms with Crippen molar-refractivity contribution < 1.29 is 19.6 Å². The molecule has 136 valence electrons. The zero-order valence-corrected chi connectivity index (χ0v) is 14.1.